The predicted octanol–water partition coefficient (Wildman–Crippen LogP) is 5.36. The summed E-state index contributed by atoms with van der Waals surface area (Å²) in [5.41, 5.74) is 3.17. The Balaban J connectivity index is 2.20. The van der Waals surface area contributed by atoms with E-state index in [2.05, 4.69) is 5.32 Å². The zero-order valence-electron chi connectivity index (χ0n) is 12.6. The normalized spacial score (nSPS) is 10.2. The Hall–Kier alpha value is -1.67. The van der Waals surface area contributed by atoms with Crippen LogP contribution in [0.15, 0.2) is 35.2 Å². The maximum absolute atomic E-state index is 12.3. The van der Waals surface area contributed by atoms with Crippen LogP contribution in [0, 0.1) is 24.5 Å². The lowest BCUT2D eigenvalue weighted by molar-refractivity contribution is -0.115. The fourth-order valence-electron chi connectivity index (χ4n) is 2.28. The summed E-state index contributed by atoms with van der Waals surface area (Å²) < 4.78 is 0. The van der Waals surface area contributed by atoms with Crippen LogP contribution in [0.25, 0.3) is 0 Å². The number of carbonyl (C=O) groups excluding carboxylic acids is 1. The topological polar surface area (TPSA) is 52.9 Å². The second-order valence-electron chi connectivity index (χ2n) is 5.05. The average Bonchev–Trinajstić information content (AvgIpc) is 2.47. The minimum atomic E-state index is -0.188. The number of carbonyl (C=O) groups is 1. The van der Waals surface area contributed by atoms with Crippen molar-refractivity contribution in [1.82, 2.24) is 0 Å². The van der Waals surface area contributed by atoms with E-state index in [0.29, 0.717) is 15.6 Å². The van der Waals surface area contributed by atoms with Crippen molar-refractivity contribution in [2.75, 3.05) is 5.32 Å². The van der Waals surface area contributed by atoms with E-state index in [1.54, 1.807) is 18.2 Å². The zero-order chi connectivity index (χ0) is 17.0. The van der Waals surface area contributed by atoms with Crippen molar-refractivity contribution in [2.45, 2.75) is 25.2 Å². The molecule has 1 amide bonds. The van der Waals surface area contributed by atoms with Gasteiger partial charge in [-0.1, -0.05) is 29.3 Å². The van der Waals surface area contributed by atoms with Crippen LogP contribution in [-0.2, 0) is 11.2 Å². The van der Waals surface area contributed by atoms with Crippen LogP contribution in [0.4, 0.5) is 5.69 Å². The molecule has 0 aliphatic heterocycles. The number of nitrogens with one attached hydrogen (secondary N) is 1. The van der Waals surface area contributed by atoms with Crippen LogP contribution in [0.3, 0.4) is 0 Å². The number of amides is 1. The fourth-order valence-corrected chi connectivity index (χ4v) is 3.39. The molecule has 0 aromatic heterocycles. The molecule has 0 radical (unpaired) electrons. The van der Waals surface area contributed by atoms with Gasteiger partial charge in [0.2, 0.25) is 5.91 Å². The van der Waals surface area contributed by atoms with Crippen LogP contribution >= 0.6 is 35.0 Å². The van der Waals surface area contributed by atoms with Gasteiger partial charge < -0.3 is 5.32 Å². The highest BCUT2D eigenvalue weighted by molar-refractivity contribution is 8.03. The molecule has 0 saturated heterocycles. The Kier molecular flexibility index (Phi) is 5.95. The molecule has 2 rings (SSSR count). The number of rotatable bonds is 4. The van der Waals surface area contributed by atoms with Gasteiger partial charge in [0.25, 0.3) is 0 Å². The van der Waals surface area contributed by atoms with Gasteiger partial charge in [0.05, 0.1) is 6.42 Å². The predicted molar refractivity (Wildman–Crippen MR) is 96.2 cm³/mol. The molecule has 0 bridgehead atoms. The molecule has 0 aliphatic rings. The van der Waals surface area contributed by atoms with Crippen LogP contribution in [0.5, 0.6) is 0 Å². The zero-order valence-corrected chi connectivity index (χ0v) is 14.9. The standard InChI is InChI=1S/C17H14Cl2N2OS/c1-10-6-12(23-9-20)7-11(2)17(10)21-16(22)8-13-14(18)4-3-5-15(13)19/h3-7H,8H2,1-2H3,(H,21,22). The number of hydrogen-bond acceptors (Lipinski definition) is 3. The van der Waals surface area contributed by atoms with Crippen LogP contribution in [0.2, 0.25) is 10.0 Å². The van der Waals surface area contributed by atoms with E-state index in [9.17, 15) is 4.79 Å². The van der Waals surface area contributed by atoms with Crippen molar-refractivity contribution >= 4 is 46.6 Å². The molecule has 118 valence electrons. The number of thioether (sulfide) groups is 1. The summed E-state index contributed by atoms with van der Waals surface area (Å²) in [5, 5.41) is 14.6. The Labute approximate surface area is 149 Å². The minimum Gasteiger partial charge on any atom is -0.325 e. The number of nitriles is 1. The molecule has 2 aromatic carbocycles. The summed E-state index contributed by atoms with van der Waals surface area (Å²) in [7, 11) is 0. The van der Waals surface area contributed by atoms with Gasteiger partial charge in [-0.05, 0) is 66.6 Å². The summed E-state index contributed by atoms with van der Waals surface area (Å²) >= 11 is 13.3. The summed E-state index contributed by atoms with van der Waals surface area (Å²) in [6.45, 7) is 3.79. The molecule has 0 atom stereocenters. The Morgan fingerprint density at radius 1 is 1.22 bits per heavy atom. The third-order valence-electron chi connectivity index (χ3n) is 3.33. The van der Waals surface area contributed by atoms with E-state index in [-0.39, 0.29) is 12.3 Å². The van der Waals surface area contributed by atoms with Gasteiger partial charge in [0.15, 0.2) is 0 Å². The number of thiocyanates is 1. The average molecular weight is 365 g/mol. The van der Waals surface area contributed by atoms with E-state index in [4.69, 9.17) is 28.5 Å². The van der Waals surface area contributed by atoms with Gasteiger partial charge in [-0.15, -0.1) is 0 Å². The van der Waals surface area contributed by atoms with Gasteiger partial charge in [-0.2, -0.15) is 5.26 Å². The minimum absolute atomic E-state index is 0.103. The highest BCUT2D eigenvalue weighted by Gasteiger charge is 2.13. The molecule has 2 aromatic rings. The Bertz CT molecular complexity index is 756. The summed E-state index contributed by atoms with van der Waals surface area (Å²) in [6.07, 6.45) is 0.103. The lowest BCUT2D eigenvalue weighted by atomic mass is 10.1. The summed E-state index contributed by atoms with van der Waals surface area (Å²) in [4.78, 5) is 13.2. The van der Waals surface area contributed by atoms with Crippen LogP contribution in [0.1, 0.15) is 16.7 Å². The molecule has 0 aliphatic carbocycles. The van der Waals surface area contributed by atoms with E-state index < -0.39 is 0 Å². The largest absolute Gasteiger partial charge is 0.325 e. The smallest absolute Gasteiger partial charge is 0.228 e. The third-order valence-corrected chi connectivity index (χ3v) is 4.60. The second-order valence-corrected chi connectivity index (χ2v) is 6.72. The van der Waals surface area contributed by atoms with E-state index in [0.717, 1.165) is 33.5 Å². The molecule has 6 heteroatoms. The highest BCUT2D eigenvalue weighted by Crippen LogP contribution is 2.29. The van der Waals surface area contributed by atoms with Crippen molar-refractivity contribution in [2.24, 2.45) is 0 Å². The molecular formula is C17H14Cl2N2OS. The van der Waals surface area contributed by atoms with Gasteiger partial charge in [0.1, 0.15) is 5.40 Å². The molecular weight excluding hydrogens is 351 g/mol. The molecule has 0 heterocycles. The number of nitrogens with zero attached hydrogens (tertiary/aromatic N) is 1. The molecule has 1 N–H and O–H groups in total. The third kappa shape index (κ3) is 4.42. The van der Waals surface area contributed by atoms with Crippen molar-refractivity contribution < 1.29 is 4.79 Å². The van der Waals surface area contributed by atoms with Gasteiger partial charge in [-0.25, -0.2) is 0 Å². The lowest BCUT2D eigenvalue weighted by Crippen LogP contribution is -2.16. The van der Waals surface area contributed by atoms with E-state index in [1.807, 2.05) is 31.4 Å². The lowest BCUT2D eigenvalue weighted by Gasteiger charge is -2.13. The number of anilines is 1. The monoisotopic (exact) mass is 364 g/mol. The van der Waals surface area contributed by atoms with Crippen molar-refractivity contribution in [1.29, 1.82) is 5.26 Å². The van der Waals surface area contributed by atoms with E-state index in [1.165, 1.54) is 0 Å². The maximum Gasteiger partial charge on any atom is 0.228 e. The first-order valence-corrected chi connectivity index (χ1v) is 8.39. The SMILES string of the molecule is Cc1cc(SC#N)cc(C)c1NC(=O)Cc1c(Cl)cccc1Cl. The van der Waals surface area contributed by atoms with Crippen molar-refractivity contribution in [3.63, 3.8) is 0 Å². The first-order valence-electron chi connectivity index (χ1n) is 6.82. The maximum atomic E-state index is 12.3. The molecule has 0 saturated carbocycles. The van der Waals surface area contributed by atoms with Gasteiger partial charge in [-0.3, -0.25) is 4.79 Å². The number of aryl methyl sites for hydroxylation is 2. The first kappa shape index (κ1) is 17.7. The molecule has 0 unspecified atom stereocenters. The Morgan fingerprint density at radius 3 is 2.30 bits per heavy atom. The first-order chi connectivity index (χ1) is 10.9. The summed E-state index contributed by atoms with van der Waals surface area (Å²) in [6, 6.07) is 8.91. The van der Waals surface area contributed by atoms with Crippen molar-refractivity contribution in [3.05, 3.63) is 57.1 Å². The number of benzene rings is 2. The molecule has 0 fully saturated rings. The van der Waals surface area contributed by atoms with Crippen LogP contribution < -0.4 is 5.32 Å². The molecule has 23 heavy (non-hydrogen) atoms. The van der Waals surface area contributed by atoms with Crippen LogP contribution in [-0.4, -0.2) is 5.91 Å². The number of hydrogen-bond donors (Lipinski definition) is 1. The quantitative estimate of drug-likeness (QED) is 0.586. The molecule has 0 spiro atoms. The Morgan fingerprint density at radius 2 is 1.78 bits per heavy atom. The van der Waals surface area contributed by atoms with E-state index >= 15 is 0 Å². The fraction of sp³-hybridized carbons (Fsp3) is 0.176. The van der Waals surface area contributed by atoms with Gasteiger partial charge >= 0.3 is 0 Å². The second kappa shape index (κ2) is 7.74. The highest BCUT2D eigenvalue weighted by atomic mass is 35.5. The summed E-state index contributed by atoms with van der Waals surface area (Å²) in [5.74, 6) is -0.188. The molecule has 3 nitrogen and oxygen atoms in total. The number of halogens is 2. The van der Waals surface area contributed by atoms with Gasteiger partial charge in [0, 0.05) is 20.6 Å². The van der Waals surface area contributed by atoms with Crippen molar-refractivity contribution in [3.8, 4) is 5.40 Å².